The first kappa shape index (κ1) is 17.1. The van der Waals surface area contributed by atoms with E-state index in [1.807, 2.05) is 36.4 Å². The molecule has 1 atom stereocenters. The summed E-state index contributed by atoms with van der Waals surface area (Å²) in [7, 11) is 1.65. The molecule has 4 nitrogen and oxygen atoms in total. The molecule has 3 rings (SSSR count). The molecule has 25 heavy (non-hydrogen) atoms. The van der Waals surface area contributed by atoms with Crippen LogP contribution in [0.15, 0.2) is 47.3 Å². The summed E-state index contributed by atoms with van der Waals surface area (Å²) in [5, 5.41) is 4.51. The van der Waals surface area contributed by atoms with Crippen molar-refractivity contribution in [1.82, 2.24) is 4.98 Å². The van der Waals surface area contributed by atoms with Gasteiger partial charge in [-0.1, -0.05) is 6.92 Å². The Labute approximate surface area is 147 Å². The molecule has 1 heterocycles. The summed E-state index contributed by atoms with van der Waals surface area (Å²) in [6.07, 6.45) is 0.811. The average molecular weight is 336 g/mol. The summed E-state index contributed by atoms with van der Waals surface area (Å²) in [5.74, 6) is 0.813. The van der Waals surface area contributed by atoms with Crippen molar-refractivity contribution >= 4 is 16.6 Å². The second-order valence-electron chi connectivity index (χ2n) is 6.41. The molecule has 4 heteroatoms. The molecule has 0 aliphatic carbocycles. The maximum atomic E-state index is 12.6. The smallest absolute Gasteiger partial charge is 0.253 e. The summed E-state index contributed by atoms with van der Waals surface area (Å²) in [6.45, 7) is 6.22. The molecule has 0 saturated heterocycles. The Morgan fingerprint density at radius 1 is 1.08 bits per heavy atom. The van der Waals surface area contributed by atoms with Crippen LogP contribution < -0.4 is 15.6 Å². The quantitative estimate of drug-likeness (QED) is 0.709. The van der Waals surface area contributed by atoms with Gasteiger partial charge < -0.3 is 15.0 Å². The number of aromatic amines is 1. The van der Waals surface area contributed by atoms with Crippen molar-refractivity contribution in [2.75, 3.05) is 12.4 Å². The number of aromatic nitrogens is 1. The average Bonchev–Trinajstić information content (AvgIpc) is 2.61. The summed E-state index contributed by atoms with van der Waals surface area (Å²) in [4.78, 5) is 15.6. The van der Waals surface area contributed by atoms with Crippen LogP contribution in [0.2, 0.25) is 0 Å². The van der Waals surface area contributed by atoms with Gasteiger partial charge in [-0.15, -0.1) is 0 Å². The molecule has 2 aromatic carbocycles. The Kier molecular flexibility index (Phi) is 4.79. The molecule has 0 spiro atoms. The van der Waals surface area contributed by atoms with E-state index < -0.39 is 0 Å². The lowest BCUT2D eigenvalue weighted by Gasteiger charge is -2.19. The summed E-state index contributed by atoms with van der Waals surface area (Å²) < 4.78 is 5.19. The van der Waals surface area contributed by atoms with E-state index in [4.69, 9.17) is 4.74 Å². The van der Waals surface area contributed by atoms with Gasteiger partial charge in [0.05, 0.1) is 13.2 Å². The summed E-state index contributed by atoms with van der Waals surface area (Å²) in [5.41, 5.74) is 4.97. The van der Waals surface area contributed by atoms with Crippen molar-refractivity contribution in [1.29, 1.82) is 0 Å². The molecule has 0 bridgehead atoms. The minimum absolute atomic E-state index is 0.0383. The van der Waals surface area contributed by atoms with Gasteiger partial charge in [0.25, 0.3) is 5.56 Å². The van der Waals surface area contributed by atoms with Crippen molar-refractivity contribution in [2.24, 2.45) is 0 Å². The van der Waals surface area contributed by atoms with Gasteiger partial charge in [-0.25, -0.2) is 0 Å². The highest BCUT2D eigenvalue weighted by molar-refractivity contribution is 5.81. The third kappa shape index (κ3) is 3.53. The number of ether oxygens (including phenoxy) is 1. The van der Waals surface area contributed by atoms with Crippen molar-refractivity contribution in [2.45, 2.75) is 33.2 Å². The van der Waals surface area contributed by atoms with Gasteiger partial charge in [-0.3, -0.25) is 4.79 Å². The van der Waals surface area contributed by atoms with Gasteiger partial charge in [0.15, 0.2) is 0 Å². The number of aryl methyl sites for hydroxylation is 2. The van der Waals surface area contributed by atoms with Crippen LogP contribution in [0.5, 0.6) is 5.75 Å². The number of hydrogen-bond donors (Lipinski definition) is 2. The SMILES string of the molecule is CC[C@@H](Nc1ccc(OC)cc1)c1cc2cc(C)c(C)cc2[nH]c1=O. The lowest BCUT2D eigenvalue weighted by molar-refractivity contribution is 0.415. The fraction of sp³-hybridized carbons (Fsp3) is 0.286. The molecule has 0 aliphatic rings. The number of hydrogen-bond acceptors (Lipinski definition) is 3. The van der Waals surface area contributed by atoms with E-state index in [-0.39, 0.29) is 11.6 Å². The van der Waals surface area contributed by atoms with Crippen molar-refractivity contribution in [3.05, 3.63) is 69.5 Å². The highest BCUT2D eigenvalue weighted by Gasteiger charge is 2.15. The molecule has 0 unspecified atom stereocenters. The molecular formula is C21H24N2O2. The molecule has 0 amide bonds. The van der Waals surface area contributed by atoms with E-state index >= 15 is 0 Å². The Morgan fingerprint density at radius 3 is 2.40 bits per heavy atom. The maximum Gasteiger partial charge on any atom is 0.253 e. The second kappa shape index (κ2) is 7.01. The number of anilines is 1. The second-order valence-corrected chi connectivity index (χ2v) is 6.41. The lowest BCUT2D eigenvalue weighted by Crippen LogP contribution is -2.21. The molecule has 0 fully saturated rings. The fourth-order valence-corrected chi connectivity index (χ4v) is 3.04. The van der Waals surface area contributed by atoms with Gasteiger partial charge in [-0.05, 0) is 79.2 Å². The van der Waals surface area contributed by atoms with E-state index in [1.165, 1.54) is 11.1 Å². The highest BCUT2D eigenvalue weighted by Crippen LogP contribution is 2.25. The zero-order chi connectivity index (χ0) is 18.0. The molecule has 130 valence electrons. The predicted molar refractivity (Wildman–Crippen MR) is 104 cm³/mol. The summed E-state index contributed by atoms with van der Waals surface area (Å²) in [6, 6.07) is 13.9. The predicted octanol–water partition coefficient (Wildman–Crippen LogP) is 4.72. The van der Waals surface area contributed by atoms with E-state index in [0.29, 0.717) is 0 Å². The van der Waals surface area contributed by atoms with Gasteiger partial charge in [0.1, 0.15) is 5.75 Å². The first-order valence-corrected chi connectivity index (χ1v) is 8.56. The molecule has 0 saturated carbocycles. The van der Waals surface area contributed by atoms with Crippen molar-refractivity contribution < 1.29 is 4.74 Å². The zero-order valence-corrected chi connectivity index (χ0v) is 15.1. The lowest BCUT2D eigenvalue weighted by atomic mass is 10.0. The molecular weight excluding hydrogens is 312 g/mol. The van der Waals surface area contributed by atoms with Crippen LogP contribution in [0.4, 0.5) is 5.69 Å². The largest absolute Gasteiger partial charge is 0.497 e. The van der Waals surface area contributed by atoms with Crippen LogP contribution in [-0.4, -0.2) is 12.1 Å². The van der Waals surface area contributed by atoms with Crippen molar-refractivity contribution in [3.63, 3.8) is 0 Å². The van der Waals surface area contributed by atoms with Crippen LogP contribution >= 0.6 is 0 Å². The van der Waals surface area contributed by atoms with Gasteiger partial charge in [0, 0.05) is 16.8 Å². The molecule has 0 radical (unpaired) electrons. The normalized spacial score (nSPS) is 12.2. The van der Waals surface area contributed by atoms with Crippen LogP contribution in [0.1, 0.15) is 36.1 Å². The number of H-pyrrole nitrogens is 1. The van der Waals surface area contributed by atoms with E-state index in [2.05, 4.69) is 37.1 Å². The third-order valence-electron chi connectivity index (χ3n) is 4.70. The minimum atomic E-state index is -0.0526. The Morgan fingerprint density at radius 2 is 1.76 bits per heavy atom. The number of pyridine rings is 1. The Hall–Kier alpha value is -2.75. The van der Waals surface area contributed by atoms with E-state index in [1.54, 1.807) is 7.11 Å². The molecule has 3 aromatic rings. The monoisotopic (exact) mass is 336 g/mol. The van der Waals surface area contributed by atoms with Gasteiger partial charge in [-0.2, -0.15) is 0 Å². The Balaban J connectivity index is 1.97. The zero-order valence-electron chi connectivity index (χ0n) is 15.1. The maximum absolute atomic E-state index is 12.6. The first-order chi connectivity index (χ1) is 12.0. The first-order valence-electron chi connectivity index (χ1n) is 8.56. The van der Waals surface area contributed by atoms with E-state index in [9.17, 15) is 4.79 Å². The number of methoxy groups -OCH3 is 1. The third-order valence-corrected chi connectivity index (χ3v) is 4.70. The fourth-order valence-electron chi connectivity index (χ4n) is 3.04. The summed E-state index contributed by atoms with van der Waals surface area (Å²) >= 11 is 0. The topological polar surface area (TPSA) is 54.1 Å². The highest BCUT2D eigenvalue weighted by atomic mass is 16.5. The van der Waals surface area contributed by atoms with E-state index in [0.717, 1.165) is 34.3 Å². The van der Waals surface area contributed by atoms with Crippen LogP contribution in [0.25, 0.3) is 10.9 Å². The minimum Gasteiger partial charge on any atom is -0.497 e. The number of fused-ring (bicyclic) bond motifs is 1. The van der Waals surface area contributed by atoms with Crippen LogP contribution in [-0.2, 0) is 0 Å². The number of benzene rings is 2. The molecule has 1 aromatic heterocycles. The Bertz CT molecular complexity index is 943. The van der Waals surface area contributed by atoms with Crippen molar-refractivity contribution in [3.8, 4) is 5.75 Å². The molecule has 0 aliphatic heterocycles. The number of nitrogens with one attached hydrogen (secondary N) is 2. The molecule has 2 N–H and O–H groups in total. The standard InChI is InChI=1S/C21H24N2O2/c1-5-19(22-16-6-8-17(25-4)9-7-16)18-12-15-10-13(2)14(3)11-20(15)23-21(18)24/h6-12,19,22H,5H2,1-4H3,(H,23,24)/t19-/m1/s1. The van der Waals surface area contributed by atoms with Crippen LogP contribution in [0.3, 0.4) is 0 Å². The van der Waals surface area contributed by atoms with Gasteiger partial charge >= 0.3 is 0 Å². The number of rotatable bonds is 5. The van der Waals surface area contributed by atoms with Crippen LogP contribution in [0, 0.1) is 13.8 Å². The van der Waals surface area contributed by atoms with Gasteiger partial charge in [0.2, 0.25) is 0 Å².